The first-order valence-corrected chi connectivity index (χ1v) is 7.57. The van der Waals surface area contributed by atoms with Crippen molar-refractivity contribution < 1.29 is 9.18 Å². The molecule has 18 heavy (non-hydrogen) atoms. The van der Waals surface area contributed by atoms with E-state index in [2.05, 4.69) is 11.8 Å². The Hall–Kier alpha value is -0.830. The van der Waals surface area contributed by atoms with E-state index in [0.717, 1.165) is 18.4 Å². The molecular formula is C15H17FOS. The van der Waals surface area contributed by atoms with E-state index in [1.807, 2.05) is 0 Å². The number of Topliss-reactive ketones (excluding diaryl/α,β-unsaturated/α-hetero) is 1. The van der Waals surface area contributed by atoms with Gasteiger partial charge in [0.15, 0.2) is 0 Å². The second-order valence-electron chi connectivity index (χ2n) is 5.40. The molecule has 1 aromatic rings. The van der Waals surface area contributed by atoms with Crippen LogP contribution in [0.1, 0.15) is 31.2 Å². The highest BCUT2D eigenvalue weighted by Crippen LogP contribution is 2.46. The molecular weight excluding hydrogens is 247 g/mol. The van der Waals surface area contributed by atoms with Gasteiger partial charge in [0.2, 0.25) is 0 Å². The third-order valence-corrected chi connectivity index (χ3v) is 5.66. The maximum absolute atomic E-state index is 12.8. The first-order valence-electron chi connectivity index (χ1n) is 6.63. The summed E-state index contributed by atoms with van der Waals surface area (Å²) in [6.07, 6.45) is 5.16. The minimum absolute atomic E-state index is 0.238. The van der Waals surface area contributed by atoms with E-state index < -0.39 is 0 Å². The number of halogens is 1. The van der Waals surface area contributed by atoms with Gasteiger partial charge in [-0.15, -0.1) is 0 Å². The molecule has 0 aromatic heterocycles. The molecule has 0 radical (unpaired) electrons. The van der Waals surface area contributed by atoms with Crippen LogP contribution in [0.5, 0.6) is 0 Å². The van der Waals surface area contributed by atoms with Crippen LogP contribution in [0.15, 0.2) is 24.3 Å². The van der Waals surface area contributed by atoms with Crippen LogP contribution >= 0.6 is 11.8 Å². The lowest BCUT2D eigenvalue weighted by Gasteiger charge is -2.26. The molecule has 0 spiro atoms. The Morgan fingerprint density at radius 3 is 2.39 bits per heavy atom. The second-order valence-corrected chi connectivity index (χ2v) is 7.00. The summed E-state index contributed by atoms with van der Waals surface area (Å²) in [6.45, 7) is 0. The van der Waals surface area contributed by atoms with Gasteiger partial charge in [-0.25, -0.2) is 4.39 Å². The molecule has 2 atom stereocenters. The normalized spacial score (nSPS) is 30.4. The van der Waals surface area contributed by atoms with Gasteiger partial charge < -0.3 is 0 Å². The highest BCUT2D eigenvalue weighted by Gasteiger charge is 2.37. The zero-order valence-corrected chi connectivity index (χ0v) is 11.1. The van der Waals surface area contributed by atoms with Gasteiger partial charge in [-0.3, -0.25) is 4.79 Å². The summed E-state index contributed by atoms with van der Waals surface area (Å²) in [6, 6.07) is 6.31. The Balaban J connectivity index is 1.63. The van der Waals surface area contributed by atoms with Gasteiger partial charge in [-0.2, -0.15) is 11.8 Å². The Morgan fingerprint density at radius 2 is 1.78 bits per heavy atom. The molecule has 2 unspecified atom stereocenters. The third-order valence-electron chi connectivity index (χ3n) is 4.04. The van der Waals surface area contributed by atoms with Gasteiger partial charge in [0, 0.05) is 22.8 Å². The van der Waals surface area contributed by atoms with Crippen LogP contribution in [-0.4, -0.2) is 16.3 Å². The number of thioether (sulfide) groups is 1. The van der Waals surface area contributed by atoms with Gasteiger partial charge in [0.05, 0.1) is 0 Å². The molecule has 2 fully saturated rings. The van der Waals surface area contributed by atoms with Crippen molar-refractivity contribution in [3.8, 4) is 0 Å². The van der Waals surface area contributed by atoms with E-state index in [0.29, 0.717) is 22.7 Å². The molecule has 1 nitrogen and oxygen atoms in total. The summed E-state index contributed by atoms with van der Waals surface area (Å²) < 4.78 is 12.8. The van der Waals surface area contributed by atoms with Gasteiger partial charge in [0.1, 0.15) is 11.6 Å². The van der Waals surface area contributed by atoms with Crippen LogP contribution in [-0.2, 0) is 11.2 Å². The monoisotopic (exact) mass is 264 g/mol. The molecule has 2 heterocycles. The average molecular weight is 264 g/mol. The average Bonchev–Trinajstić information content (AvgIpc) is 2.71. The maximum atomic E-state index is 12.8. The van der Waals surface area contributed by atoms with E-state index in [9.17, 15) is 9.18 Å². The van der Waals surface area contributed by atoms with Crippen LogP contribution in [0.25, 0.3) is 0 Å². The zero-order chi connectivity index (χ0) is 12.5. The summed E-state index contributed by atoms with van der Waals surface area (Å²) in [5.41, 5.74) is 0.937. The van der Waals surface area contributed by atoms with Crippen molar-refractivity contribution in [2.45, 2.75) is 42.6 Å². The molecule has 3 rings (SSSR count). The van der Waals surface area contributed by atoms with Gasteiger partial charge in [-0.1, -0.05) is 12.1 Å². The van der Waals surface area contributed by atoms with Crippen molar-refractivity contribution in [3.05, 3.63) is 35.6 Å². The predicted molar refractivity (Wildman–Crippen MR) is 72.2 cm³/mol. The van der Waals surface area contributed by atoms with Crippen molar-refractivity contribution in [2.24, 2.45) is 5.92 Å². The largest absolute Gasteiger partial charge is 0.299 e. The molecule has 0 N–H and O–H groups in total. The van der Waals surface area contributed by atoms with Gasteiger partial charge in [0.25, 0.3) is 0 Å². The van der Waals surface area contributed by atoms with Crippen molar-refractivity contribution in [3.63, 3.8) is 0 Å². The topological polar surface area (TPSA) is 17.1 Å². The minimum atomic E-state index is -0.238. The van der Waals surface area contributed by atoms with Crippen molar-refractivity contribution >= 4 is 17.5 Å². The summed E-state index contributed by atoms with van der Waals surface area (Å²) in [5, 5.41) is 1.43. The van der Waals surface area contributed by atoms with Gasteiger partial charge in [-0.05, 0) is 43.4 Å². The summed E-state index contributed by atoms with van der Waals surface area (Å²) in [7, 11) is 0. The van der Waals surface area contributed by atoms with Crippen molar-refractivity contribution in [2.75, 3.05) is 0 Å². The zero-order valence-electron chi connectivity index (χ0n) is 10.3. The number of hydrogen-bond acceptors (Lipinski definition) is 2. The van der Waals surface area contributed by atoms with E-state index in [1.54, 1.807) is 12.1 Å². The molecule has 0 aliphatic carbocycles. The van der Waals surface area contributed by atoms with Crippen LogP contribution in [0.4, 0.5) is 4.39 Å². The second kappa shape index (κ2) is 5.04. The molecule has 1 aromatic carbocycles. The van der Waals surface area contributed by atoms with E-state index in [1.165, 1.54) is 25.0 Å². The number of benzene rings is 1. The smallest absolute Gasteiger partial charge is 0.140 e. The fraction of sp³-hybridized carbons (Fsp3) is 0.533. The van der Waals surface area contributed by atoms with E-state index >= 15 is 0 Å². The fourth-order valence-corrected chi connectivity index (χ4v) is 4.84. The lowest BCUT2D eigenvalue weighted by Crippen LogP contribution is -2.25. The fourth-order valence-electron chi connectivity index (χ4n) is 3.07. The number of ketones is 1. The molecule has 2 saturated heterocycles. The first-order chi connectivity index (χ1) is 8.70. The molecule has 0 amide bonds. The van der Waals surface area contributed by atoms with Crippen molar-refractivity contribution in [1.29, 1.82) is 0 Å². The van der Waals surface area contributed by atoms with Crippen LogP contribution in [0, 0.1) is 11.7 Å². The molecule has 2 bridgehead atoms. The summed E-state index contributed by atoms with van der Waals surface area (Å²) in [5.74, 6) is 0.353. The van der Waals surface area contributed by atoms with Crippen LogP contribution in [0.2, 0.25) is 0 Å². The van der Waals surface area contributed by atoms with E-state index in [-0.39, 0.29) is 11.7 Å². The highest BCUT2D eigenvalue weighted by atomic mass is 32.2. The molecule has 2 aliphatic heterocycles. The molecule has 2 aliphatic rings. The quantitative estimate of drug-likeness (QED) is 0.829. The Labute approximate surface area is 111 Å². The Bertz CT molecular complexity index is 430. The predicted octanol–water partition coefficient (Wildman–Crippen LogP) is 3.61. The van der Waals surface area contributed by atoms with E-state index in [4.69, 9.17) is 0 Å². The van der Waals surface area contributed by atoms with Gasteiger partial charge >= 0.3 is 0 Å². The third kappa shape index (κ3) is 2.61. The molecule has 3 heteroatoms. The molecule has 0 saturated carbocycles. The summed E-state index contributed by atoms with van der Waals surface area (Å²) >= 11 is 2.08. The summed E-state index contributed by atoms with van der Waals surface area (Å²) in [4.78, 5) is 12.3. The first kappa shape index (κ1) is 12.2. The number of fused-ring (bicyclic) bond motifs is 2. The standard InChI is InChI=1S/C15H17FOS/c16-12-3-1-10(2-4-12)7-15(17)11-8-13-5-6-14(9-11)18-13/h1-4,11,13-14H,5-9H2. The van der Waals surface area contributed by atoms with Crippen LogP contribution < -0.4 is 0 Å². The highest BCUT2D eigenvalue weighted by molar-refractivity contribution is 8.00. The van der Waals surface area contributed by atoms with Crippen LogP contribution in [0.3, 0.4) is 0 Å². The maximum Gasteiger partial charge on any atom is 0.140 e. The minimum Gasteiger partial charge on any atom is -0.299 e. The number of carbonyl (C=O) groups is 1. The molecule has 96 valence electrons. The Kier molecular flexibility index (Phi) is 3.42. The van der Waals surface area contributed by atoms with Crippen molar-refractivity contribution in [1.82, 2.24) is 0 Å². The number of hydrogen-bond donors (Lipinski definition) is 0. The number of rotatable bonds is 3. The lowest BCUT2D eigenvalue weighted by molar-refractivity contribution is -0.122. The Morgan fingerprint density at radius 1 is 1.17 bits per heavy atom. The number of carbonyl (C=O) groups excluding carboxylic acids is 1. The lowest BCUT2D eigenvalue weighted by atomic mass is 9.91. The SMILES string of the molecule is O=C(Cc1ccc(F)cc1)C1CC2CCC(C1)S2.